The topological polar surface area (TPSA) is 55.8 Å². The molecule has 1 saturated heterocycles. The van der Waals surface area contributed by atoms with Crippen LogP contribution in [0.5, 0.6) is 0 Å². The third-order valence-corrected chi connectivity index (χ3v) is 7.64. The van der Waals surface area contributed by atoms with E-state index in [1.165, 1.54) is 19.2 Å². The van der Waals surface area contributed by atoms with Crippen LogP contribution in [0, 0.1) is 29.5 Å². The molecule has 2 aliphatic rings. The van der Waals surface area contributed by atoms with Gasteiger partial charge in [0.25, 0.3) is 0 Å². The molecule has 34 heavy (non-hydrogen) atoms. The number of aliphatic hydroxyl groups excluding tert-OH is 1. The van der Waals surface area contributed by atoms with E-state index in [-0.39, 0.29) is 35.1 Å². The van der Waals surface area contributed by atoms with Crippen molar-refractivity contribution in [2.24, 2.45) is 23.7 Å². The molecule has 1 aromatic carbocycles. The number of esters is 1. The summed E-state index contributed by atoms with van der Waals surface area (Å²) in [5.74, 6) is 0.841. The largest absolute Gasteiger partial charge is 0.469 e. The lowest BCUT2D eigenvalue weighted by Gasteiger charge is -2.38. The van der Waals surface area contributed by atoms with E-state index in [0.29, 0.717) is 24.9 Å². The minimum Gasteiger partial charge on any atom is -0.469 e. The van der Waals surface area contributed by atoms with Crippen LogP contribution in [0.1, 0.15) is 64.9 Å². The molecular formula is C29H41FO4. The van der Waals surface area contributed by atoms with Crippen molar-refractivity contribution in [1.82, 2.24) is 0 Å². The Kier molecular flexibility index (Phi) is 9.49. The molecule has 0 aromatic heterocycles. The van der Waals surface area contributed by atoms with Crippen LogP contribution in [0.15, 0.2) is 48.6 Å². The Bertz CT molecular complexity index is 846. The highest BCUT2D eigenvalue weighted by Gasteiger charge is 2.58. The third kappa shape index (κ3) is 6.37. The van der Waals surface area contributed by atoms with Crippen LogP contribution >= 0.6 is 0 Å². The van der Waals surface area contributed by atoms with Crippen molar-refractivity contribution in [3.05, 3.63) is 60.0 Å². The Balaban J connectivity index is 1.75. The predicted molar refractivity (Wildman–Crippen MR) is 133 cm³/mol. The lowest BCUT2D eigenvalue weighted by atomic mass is 9.69. The van der Waals surface area contributed by atoms with Gasteiger partial charge in [-0.3, -0.25) is 4.79 Å². The summed E-state index contributed by atoms with van der Waals surface area (Å²) in [6.07, 6.45) is 12.9. The van der Waals surface area contributed by atoms with Crippen LogP contribution < -0.4 is 0 Å². The summed E-state index contributed by atoms with van der Waals surface area (Å²) in [5, 5.41) is 10.7. The second-order valence-electron chi connectivity index (χ2n) is 10.6. The Morgan fingerprint density at radius 2 is 2.00 bits per heavy atom. The van der Waals surface area contributed by atoms with Gasteiger partial charge >= 0.3 is 5.97 Å². The van der Waals surface area contributed by atoms with Crippen molar-refractivity contribution in [2.75, 3.05) is 13.7 Å². The van der Waals surface area contributed by atoms with Crippen LogP contribution in [0.2, 0.25) is 0 Å². The lowest BCUT2D eigenvalue weighted by Crippen LogP contribution is -2.39. The summed E-state index contributed by atoms with van der Waals surface area (Å²) >= 11 is 0. The number of allylic oxidation sites excluding steroid dienone is 2. The summed E-state index contributed by atoms with van der Waals surface area (Å²) in [6, 6.07) is 6.88. The SMILES string of the molecule is COC(=O)CCCC=CC[C@H]1[C@H](C=C[C@@H](O)C(C)CC(C)C)[C@@H]2C[C@@]1(c1ccc(F)cc1)CO2. The highest BCUT2D eigenvalue weighted by molar-refractivity contribution is 5.69. The fourth-order valence-electron chi connectivity index (χ4n) is 5.85. The van der Waals surface area contributed by atoms with Gasteiger partial charge in [0.15, 0.2) is 0 Å². The zero-order chi connectivity index (χ0) is 24.7. The van der Waals surface area contributed by atoms with E-state index in [9.17, 15) is 14.3 Å². The Morgan fingerprint density at radius 3 is 2.68 bits per heavy atom. The van der Waals surface area contributed by atoms with Crippen molar-refractivity contribution in [3.63, 3.8) is 0 Å². The summed E-state index contributed by atoms with van der Waals surface area (Å²) in [7, 11) is 1.42. The first-order chi connectivity index (χ1) is 16.3. The van der Waals surface area contributed by atoms with Gasteiger partial charge in [0.05, 0.1) is 25.9 Å². The first-order valence-electron chi connectivity index (χ1n) is 12.7. The molecule has 2 fully saturated rings. The number of hydrogen-bond acceptors (Lipinski definition) is 4. The second-order valence-corrected chi connectivity index (χ2v) is 10.6. The number of ether oxygens (including phenoxy) is 2. The molecule has 1 N–H and O–H groups in total. The standard InChI is InChI=1S/C29H41FO4/c1-20(2)17-21(3)26(31)16-15-24-25(9-7-5-6-8-10-28(32)33-4)29(18-27(24)34-19-29)22-11-13-23(30)14-12-22/h5,7,11-16,20-21,24-27,31H,6,8-10,17-19H2,1-4H3/t21?,24-,25-,26+,27-,29-/m0/s1. The number of hydrogen-bond donors (Lipinski definition) is 1. The van der Waals surface area contributed by atoms with Gasteiger partial charge < -0.3 is 14.6 Å². The molecule has 0 radical (unpaired) electrons. The summed E-state index contributed by atoms with van der Waals surface area (Å²) < 4.78 is 24.6. The average molecular weight is 473 g/mol. The van der Waals surface area contributed by atoms with Gasteiger partial charge in [-0.2, -0.15) is 0 Å². The molecule has 0 spiro atoms. The molecule has 1 aliphatic heterocycles. The average Bonchev–Trinajstić information content (AvgIpc) is 3.37. The zero-order valence-electron chi connectivity index (χ0n) is 21.1. The maximum atomic E-state index is 13.7. The summed E-state index contributed by atoms with van der Waals surface area (Å²) in [5.41, 5.74) is 0.975. The Morgan fingerprint density at radius 1 is 1.26 bits per heavy atom. The maximum Gasteiger partial charge on any atom is 0.305 e. The monoisotopic (exact) mass is 472 g/mol. The minimum atomic E-state index is -0.474. The number of unbranched alkanes of at least 4 members (excludes halogenated alkanes) is 1. The zero-order valence-corrected chi connectivity index (χ0v) is 21.1. The molecule has 0 amide bonds. The smallest absolute Gasteiger partial charge is 0.305 e. The van der Waals surface area contributed by atoms with Crippen molar-refractivity contribution in [3.8, 4) is 0 Å². The number of carbonyl (C=O) groups is 1. The molecule has 1 aliphatic carbocycles. The van der Waals surface area contributed by atoms with E-state index < -0.39 is 6.10 Å². The van der Waals surface area contributed by atoms with Crippen LogP contribution in [0.3, 0.4) is 0 Å². The van der Waals surface area contributed by atoms with Crippen molar-refractivity contribution in [2.45, 2.75) is 76.9 Å². The van der Waals surface area contributed by atoms with Crippen LogP contribution in [0.25, 0.3) is 0 Å². The normalized spacial score (nSPS) is 28.3. The highest BCUT2D eigenvalue weighted by atomic mass is 19.1. The van der Waals surface area contributed by atoms with E-state index in [1.807, 2.05) is 18.2 Å². The molecule has 4 nitrogen and oxygen atoms in total. The van der Waals surface area contributed by atoms with Gasteiger partial charge in [0, 0.05) is 17.8 Å². The molecule has 2 bridgehead atoms. The number of rotatable bonds is 12. The molecule has 6 atom stereocenters. The molecular weight excluding hydrogens is 431 g/mol. The minimum absolute atomic E-state index is 0.103. The molecule has 1 heterocycles. The van der Waals surface area contributed by atoms with Gasteiger partial charge in [0.2, 0.25) is 0 Å². The number of aliphatic hydroxyl groups is 1. The van der Waals surface area contributed by atoms with Gasteiger partial charge in [-0.25, -0.2) is 4.39 Å². The number of benzene rings is 1. The van der Waals surface area contributed by atoms with E-state index in [1.54, 1.807) is 0 Å². The van der Waals surface area contributed by atoms with Gasteiger partial charge in [-0.1, -0.05) is 57.2 Å². The van der Waals surface area contributed by atoms with Gasteiger partial charge in [0.1, 0.15) is 5.82 Å². The quantitative estimate of drug-likeness (QED) is 0.231. The molecule has 1 saturated carbocycles. The van der Waals surface area contributed by atoms with E-state index in [0.717, 1.165) is 37.7 Å². The van der Waals surface area contributed by atoms with E-state index >= 15 is 0 Å². The van der Waals surface area contributed by atoms with Crippen molar-refractivity contribution < 1.29 is 23.8 Å². The predicted octanol–water partition coefficient (Wildman–Crippen LogP) is 5.99. The number of methoxy groups -OCH3 is 1. The fourth-order valence-corrected chi connectivity index (χ4v) is 5.85. The number of carbonyl (C=O) groups excluding carboxylic acids is 1. The molecule has 5 heteroatoms. The van der Waals surface area contributed by atoms with E-state index in [2.05, 4.69) is 39.0 Å². The molecule has 188 valence electrons. The van der Waals surface area contributed by atoms with Crippen LogP contribution in [-0.4, -0.2) is 37.0 Å². The Labute approximate surface area is 204 Å². The van der Waals surface area contributed by atoms with Crippen molar-refractivity contribution in [1.29, 1.82) is 0 Å². The van der Waals surface area contributed by atoms with E-state index in [4.69, 9.17) is 9.47 Å². The lowest BCUT2D eigenvalue weighted by molar-refractivity contribution is -0.140. The summed E-state index contributed by atoms with van der Waals surface area (Å²) in [6.45, 7) is 7.09. The number of halogens is 1. The highest BCUT2D eigenvalue weighted by Crippen LogP contribution is 2.57. The third-order valence-electron chi connectivity index (χ3n) is 7.64. The van der Waals surface area contributed by atoms with Crippen LogP contribution in [-0.2, 0) is 19.7 Å². The first-order valence-corrected chi connectivity index (χ1v) is 12.7. The maximum absolute atomic E-state index is 13.7. The first kappa shape index (κ1) is 26.6. The number of fused-ring (bicyclic) bond motifs is 2. The summed E-state index contributed by atoms with van der Waals surface area (Å²) in [4.78, 5) is 11.3. The van der Waals surface area contributed by atoms with Gasteiger partial charge in [-0.15, -0.1) is 0 Å². The van der Waals surface area contributed by atoms with Crippen LogP contribution in [0.4, 0.5) is 4.39 Å². The fraction of sp³-hybridized carbons (Fsp3) is 0.621. The van der Waals surface area contributed by atoms with Crippen molar-refractivity contribution >= 4 is 5.97 Å². The van der Waals surface area contributed by atoms with Gasteiger partial charge in [-0.05, 0) is 67.6 Å². The second kappa shape index (κ2) is 12.1. The molecule has 1 unspecified atom stereocenters. The Hall–Kier alpha value is -1.98. The molecule has 1 aromatic rings. The molecule has 3 rings (SSSR count).